The molecule has 1 aromatic heterocycles. The molecular weight excluding hydrogens is 249 g/mol. The lowest BCUT2D eigenvalue weighted by Crippen LogP contribution is -2.35. The van der Waals surface area contributed by atoms with Crippen molar-refractivity contribution in [2.45, 2.75) is 32.6 Å². The van der Waals surface area contributed by atoms with Crippen molar-refractivity contribution >= 4 is 11.8 Å². The van der Waals surface area contributed by atoms with Crippen molar-refractivity contribution in [3.8, 4) is 0 Å². The Balaban J connectivity index is 1.92. The monoisotopic (exact) mass is 267 g/mol. The molecule has 0 atom stereocenters. The van der Waals surface area contributed by atoms with Crippen LogP contribution in [-0.2, 0) is 4.79 Å². The van der Waals surface area contributed by atoms with Crippen molar-refractivity contribution in [2.24, 2.45) is 5.92 Å². The summed E-state index contributed by atoms with van der Waals surface area (Å²) in [7, 11) is 0. The molecule has 0 unspecified atom stereocenters. The van der Waals surface area contributed by atoms with Gasteiger partial charge in [-0.1, -0.05) is 0 Å². The molecule has 0 aromatic carbocycles. The summed E-state index contributed by atoms with van der Waals surface area (Å²) in [5, 5.41) is 8.66. The van der Waals surface area contributed by atoms with Gasteiger partial charge in [0.25, 0.3) is 0 Å². The third-order valence-corrected chi connectivity index (χ3v) is 3.63. The normalized spacial score (nSPS) is 16.6. The first-order valence-corrected chi connectivity index (χ1v) is 6.51. The van der Waals surface area contributed by atoms with Gasteiger partial charge in [-0.15, -0.1) is 0 Å². The van der Waals surface area contributed by atoms with E-state index in [1.807, 2.05) is 4.90 Å². The van der Waals surface area contributed by atoms with E-state index in [0.29, 0.717) is 23.9 Å². The van der Waals surface area contributed by atoms with E-state index in [1.54, 1.807) is 6.92 Å². The van der Waals surface area contributed by atoms with Gasteiger partial charge in [0.1, 0.15) is 6.33 Å². The summed E-state index contributed by atoms with van der Waals surface area (Å²) < 4.78 is 13.9. The van der Waals surface area contributed by atoms with Gasteiger partial charge in [0.2, 0.25) is 0 Å². The van der Waals surface area contributed by atoms with Crippen LogP contribution in [0.4, 0.5) is 10.2 Å². The summed E-state index contributed by atoms with van der Waals surface area (Å²) >= 11 is 0. The number of aliphatic carboxylic acids is 1. The second-order valence-electron chi connectivity index (χ2n) is 4.96. The van der Waals surface area contributed by atoms with Crippen molar-refractivity contribution in [3.63, 3.8) is 0 Å². The lowest BCUT2D eigenvalue weighted by Gasteiger charge is -2.32. The molecule has 104 valence electrons. The Kier molecular flexibility index (Phi) is 4.29. The van der Waals surface area contributed by atoms with Crippen LogP contribution in [-0.4, -0.2) is 34.1 Å². The average molecular weight is 267 g/mol. The number of carboxylic acid groups (broad SMARTS) is 1. The van der Waals surface area contributed by atoms with Crippen LogP contribution < -0.4 is 4.90 Å². The molecule has 0 spiro atoms. The van der Waals surface area contributed by atoms with Gasteiger partial charge in [-0.05, 0) is 32.1 Å². The SMILES string of the molecule is Cc1ncnc(N2CCC(CCC(=O)O)CC2)c1F. The van der Waals surface area contributed by atoms with Crippen molar-refractivity contribution in [2.75, 3.05) is 18.0 Å². The Bertz CT molecular complexity index is 459. The summed E-state index contributed by atoms with van der Waals surface area (Å²) in [4.78, 5) is 20.3. The molecule has 0 radical (unpaired) electrons. The smallest absolute Gasteiger partial charge is 0.303 e. The molecule has 0 aliphatic carbocycles. The van der Waals surface area contributed by atoms with Crippen LogP contribution in [0.3, 0.4) is 0 Å². The van der Waals surface area contributed by atoms with Crippen molar-refractivity contribution in [3.05, 3.63) is 17.8 Å². The Labute approximate surface area is 111 Å². The van der Waals surface area contributed by atoms with Crippen LogP contribution in [0.15, 0.2) is 6.33 Å². The first-order valence-electron chi connectivity index (χ1n) is 6.51. The quantitative estimate of drug-likeness (QED) is 0.903. The zero-order valence-corrected chi connectivity index (χ0v) is 11.0. The maximum absolute atomic E-state index is 13.9. The molecule has 5 nitrogen and oxygen atoms in total. The molecule has 0 amide bonds. The Morgan fingerprint density at radius 2 is 2.16 bits per heavy atom. The van der Waals surface area contributed by atoms with Crippen LogP contribution in [0.5, 0.6) is 0 Å². The number of carboxylic acids is 1. The molecule has 1 N–H and O–H groups in total. The maximum atomic E-state index is 13.9. The fourth-order valence-corrected chi connectivity index (χ4v) is 2.43. The number of rotatable bonds is 4. The lowest BCUT2D eigenvalue weighted by molar-refractivity contribution is -0.137. The highest BCUT2D eigenvalue weighted by molar-refractivity contribution is 5.66. The fraction of sp³-hybridized carbons (Fsp3) is 0.615. The van der Waals surface area contributed by atoms with Gasteiger partial charge in [0.05, 0.1) is 5.69 Å². The third kappa shape index (κ3) is 3.39. The lowest BCUT2D eigenvalue weighted by atomic mass is 9.92. The predicted molar refractivity (Wildman–Crippen MR) is 68.5 cm³/mol. The summed E-state index contributed by atoms with van der Waals surface area (Å²) in [6, 6.07) is 0. The average Bonchev–Trinajstić information content (AvgIpc) is 2.40. The molecule has 1 saturated heterocycles. The van der Waals surface area contributed by atoms with E-state index in [2.05, 4.69) is 9.97 Å². The highest BCUT2D eigenvalue weighted by atomic mass is 19.1. The number of nitrogens with zero attached hydrogens (tertiary/aromatic N) is 3. The van der Waals surface area contributed by atoms with E-state index in [-0.39, 0.29) is 12.2 Å². The van der Waals surface area contributed by atoms with Crippen molar-refractivity contribution in [1.29, 1.82) is 0 Å². The van der Waals surface area contributed by atoms with Crippen LogP contribution in [0, 0.1) is 18.7 Å². The largest absolute Gasteiger partial charge is 0.481 e. The number of piperidine rings is 1. The second kappa shape index (κ2) is 5.95. The van der Waals surface area contributed by atoms with Crippen molar-refractivity contribution < 1.29 is 14.3 Å². The molecule has 6 heteroatoms. The van der Waals surface area contributed by atoms with Crippen LogP contribution in [0.25, 0.3) is 0 Å². The van der Waals surface area contributed by atoms with Crippen LogP contribution in [0.2, 0.25) is 0 Å². The number of halogens is 1. The first-order chi connectivity index (χ1) is 9.08. The van der Waals surface area contributed by atoms with Crippen LogP contribution >= 0.6 is 0 Å². The molecule has 1 aromatic rings. The first kappa shape index (κ1) is 13.7. The van der Waals surface area contributed by atoms with Crippen LogP contribution in [0.1, 0.15) is 31.4 Å². The Morgan fingerprint density at radius 3 is 2.79 bits per heavy atom. The van der Waals surface area contributed by atoms with Gasteiger partial charge in [-0.2, -0.15) is 0 Å². The van der Waals surface area contributed by atoms with Gasteiger partial charge in [0.15, 0.2) is 11.6 Å². The fourth-order valence-electron chi connectivity index (χ4n) is 2.43. The van der Waals surface area contributed by atoms with Gasteiger partial charge < -0.3 is 10.0 Å². The van der Waals surface area contributed by atoms with E-state index in [4.69, 9.17) is 5.11 Å². The topological polar surface area (TPSA) is 66.3 Å². The van der Waals surface area contributed by atoms with E-state index in [0.717, 1.165) is 25.9 Å². The molecule has 1 aliphatic rings. The Morgan fingerprint density at radius 1 is 1.47 bits per heavy atom. The molecule has 0 bridgehead atoms. The maximum Gasteiger partial charge on any atom is 0.303 e. The summed E-state index contributed by atoms with van der Waals surface area (Å²) in [6.45, 7) is 3.06. The number of anilines is 1. The summed E-state index contributed by atoms with van der Waals surface area (Å²) in [6.07, 6.45) is 4.07. The Hall–Kier alpha value is -1.72. The van der Waals surface area contributed by atoms with E-state index in [9.17, 15) is 9.18 Å². The highest BCUT2D eigenvalue weighted by Gasteiger charge is 2.23. The molecule has 19 heavy (non-hydrogen) atoms. The molecule has 1 fully saturated rings. The minimum atomic E-state index is -0.750. The number of aromatic nitrogens is 2. The van der Waals surface area contributed by atoms with E-state index >= 15 is 0 Å². The minimum Gasteiger partial charge on any atom is -0.481 e. The molecule has 2 heterocycles. The number of hydrogen-bond donors (Lipinski definition) is 1. The third-order valence-electron chi connectivity index (χ3n) is 3.63. The minimum absolute atomic E-state index is 0.214. The van der Waals surface area contributed by atoms with Gasteiger partial charge in [0, 0.05) is 19.5 Å². The van der Waals surface area contributed by atoms with E-state index in [1.165, 1.54) is 6.33 Å². The highest BCUT2D eigenvalue weighted by Crippen LogP contribution is 2.26. The standard InChI is InChI=1S/C13H18FN3O2/c1-9-12(14)13(16-8-15-9)17-6-4-10(5-7-17)2-3-11(18)19/h8,10H,2-7H2,1H3,(H,18,19). The number of carbonyl (C=O) groups is 1. The molecule has 2 rings (SSSR count). The van der Waals surface area contributed by atoms with Crippen molar-refractivity contribution in [1.82, 2.24) is 9.97 Å². The molecule has 1 aliphatic heterocycles. The summed E-state index contributed by atoms with van der Waals surface area (Å²) in [5.74, 6) is -0.325. The van der Waals surface area contributed by atoms with E-state index < -0.39 is 5.97 Å². The number of hydrogen-bond acceptors (Lipinski definition) is 4. The van der Waals surface area contributed by atoms with Gasteiger partial charge in [-0.25, -0.2) is 14.4 Å². The van der Waals surface area contributed by atoms with Gasteiger partial charge >= 0.3 is 5.97 Å². The molecule has 0 saturated carbocycles. The molecular formula is C13H18FN3O2. The zero-order valence-electron chi connectivity index (χ0n) is 11.0. The number of aryl methyl sites for hydroxylation is 1. The zero-order chi connectivity index (χ0) is 13.8. The predicted octanol–water partition coefficient (Wildman–Crippen LogP) is 2.01. The van der Waals surface area contributed by atoms with Gasteiger partial charge in [-0.3, -0.25) is 4.79 Å². The summed E-state index contributed by atoms with van der Waals surface area (Å²) in [5.41, 5.74) is 0.359. The second-order valence-corrected chi connectivity index (χ2v) is 4.96.